The van der Waals surface area contributed by atoms with E-state index >= 15 is 0 Å². The van der Waals surface area contributed by atoms with Crippen molar-refractivity contribution >= 4 is 27.3 Å². The summed E-state index contributed by atoms with van der Waals surface area (Å²) >= 11 is 1.31. The first kappa shape index (κ1) is 21.6. The van der Waals surface area contributed by atoms with Crippen molar-refractivity contribution in [1.82, 2.24) is 24.7 Å². The van der Waals surface area contributed by atoms with Crippen LogP contribution in [-0.2, 0) is 21.4 Å². The third-order valence-electron chi connectivity index (χ3n) is 5.18. The molecular weight excluding hydrogens is 438 g/mol. The topological polar surface area (TPSA) is 118 Å². The molecule has 4 rings (SSSR count). The molecule has 164 valence electrons. The fourth-order valence-corrected chi connectivity index (χ4v) is 6.59. The van der Waals surface area contributed by atoms with Gasteiger partial charge in [-0.15, -0.1) is 11.3 Å². The van der Waals surface area contributed by atoms with Crippen molar-refractivity contribution in [3.63, 3.8) is 0 Å². The van der Waals surface area contributed by atoms with E-state index in [4.69, 9.17) is 4.52 Å². The third kappa shape index (κ3) is 4.68. The average molecular weight is 462 g/mol. The van der Waals surface area contributed by atoms with E-state index < -0.39 is 15.9 Å². The molecule has 1 aliphatic rings. The van der Waals surface area contributed by atoms with Crippen LogP contribution >= 0.6 is 11.3 Å². The predicted molar refractivity (Wildman–Crippen MR) is 115 cm³/mol. The lowest BCUT2D eigenvalue weighted by Crippen LogP contribution is -2.45. The maximum absolute atomic E-state index is 13.3. The first-order chi connectivity index (χ1) is 14.8. The van der Waals surface area contributed by atoms with Crippen LogP contribution < -0.4 is 5.32 Å². The molecule has 1 N–H and O–H groups in total. The predicted octanol–water partition coefficient (Wildman–Crippen LogP) is 2.53. The molecule has 3 aromatic rings. The summed E-state index contributed by atoms with van der Waals surface area (Å²) in [5, 5.41) is 6.77. The average Bonchev–Trinajstić information content (AvgIpc) is 3.38. The van der Waals surface area contributed by atoms with Crippen LogP contribution in [0.5, 0.6) is 0 Å². The number of piperidine rings is 1. The van der Waals surface area contributed by atoms with Crippen molar-refractivity contribution in [2.75, 3.05) is 13.1 Å². The molecule has 9 nitrogen and oxygen atoms in total. The number of carbonyl (C=O) groups excluding carboxylic acids is 1. The number of hydrogen-bond donors (Lipinski definition) is 1. The third-order valence-corrected chi connectivity index (χ3v) is 8.35. The normalized spacial score (nSPS) is 17.5. The van der Waals surface area contributed by atoms with Crippen LogP contribution in [0, 0.1) is 19.8 Å². The molecule has 0 spiro atoms. The number of pyridine rings is 1. The number of rotatable bonds is 6. The van der Waals surface area contributed by atoms with E-state index in [0.29, 0.717) is 47.4 Å². The van der Waals surface area contributed by atoms with Crippen molar-refractivity contribution in [1.29, 1.82) is 0 Å². The molecule has 1 aliphatic heterocycles. The Balaban J connectivity index is 1.47. The molecule has 4 heterocycles. The molecule has 1 atom stereocenters. The number of aromatic nitrogens is 3. The van der Waals surface area contributed by atoms with Crippen LogP contribution in [0.4, 0.5) is 0 Å². The van der Waals surface area contributed by atoms with Gasteiger partial charge in [0.15, 0.2) is 0 Å². The summed E-state index contributed by atoms with van der Waals surface area (Å²) in [7, 11) is -3.74. The fourth-order valence-electron chi connectivity index (χ4n) is 3.58. The zero-order valence-corrected chi connectivity index (χ0v) is 18.9. The minimum absolute atomic E-state index is 0.145. The summed E-state index contributed by atoms with van der Waals surface area (Å²) in [6.07, 6.45) is 4.65. The van der Waals surface area contributed by atoms with Gasteiger partial charge in [0.25, 0.3) is 0 Å². The van der Waals surface area contributed by atoms with E-state index in [9.17, 15) is 13.2 Å². The molecule has 0 aromatic carbocycles. The molecule has 0 saturated carbocycles. The Morgan fingerprint density at radius 1 is 1.39 bits per heavy atom. The van der Waals surface area contributed by atoms with Crippen LogP contribution in [0.15, 0.2) is 40.0 Å². The van der Waals surface area contributed by atoms with E-state index in [1.54, 1.807) is 32.3 Å². The van der Waals surface area contributed by atoms with Gasteiger partial charge in [-0.2, -0.15) is 9.29 Å². The number of nitrogens with zero attached hydrogens (tertiary/aromatic N) is 4. The van der Waals surface area contributed by atoms with Gasteiger partial charge >= 0.3 is 0 Å². The Morgan fingerprint density at radius 3 is 2.94 bits per heavy atom. The number of amides is 1. The Hall–Kier alpha value is -2.63. The molecule has 1 amide bonds. The second kappa shape index (κ2) is 8.85. The smallest absolute Gasteiger partial charge is 0.244 e. The Bertz CT molecular complexity index is 1170. The first-order valence-electron chi connectivity index (χ1n) is 9.92. The quantitative estimate of drug-likeness (QED) is 0.599. The molecular formula is C20H23N5O4S2. The number of aryl methyl sites for hydroxylation is 2. The number of sulfonamides is 1. The van der Waals surface area contributed by atoms with Crippen LogP contribution in [0.25, 0.3) is 10.7 Å². The highest BCUT2D eigenvalue weighted by molar-refractivity contribution is 7.89. The summed E-state index contributed by atoms with van der Waals surface area (Å²) in [4.78, 5) is 22.4. The second-order valence-electron chi connectivity index (χ2n) is 7.45. The first-order valence-corrected chi connectivity index (χ1v) is 12.2. The SMILES string of the molecule is Cc1nc(-c2cc(S(=O)(=O)N3CCC[C@@H](C(=O)NCc4cccnc4)C3)c(C)s2)no1. The summed E-state index contributed by atoms with van der Waals surface area (Å²) < 4.78 is 33.1. The van der Waals surface area contributed by atoms with Crippen molar-refractivity contribution < 1.29 is 17.7 Å². The lowest BCUT2D eigenvalue weighted by molar-refractivity contribution is -0.126. The second-order valence-corrected chi connectivity index (χ2v) is 10.6. The zero-order valence-electron chi connectivity index (χ0n) is 17.2. The number of thiophene rings is 1. The monoisotopic (exact) mass is 461 g/mol. The van der Waals surface area contributed by atoms with E-state index in [-0.39, 0.29) is 17.3 Å². The largest absolute Gasteiger partial charge is 0.352 e. The standard InChI is InChI=1S/C20H23N5O4S2/c1-13-18(9-17(30-13)19-23-14(2)29-24-19)31(27,28)25-8-4-6-16(12-25)20(26)22-11-15-5-3-7-21-10-15/h3,5,7,9-10,16H,4,6,8,11-12H2,1-2H3,(H,22,26)/t16-/m1/s1. The fraction of sp³-hybridized carbons (Fsp3) is 0.400. The van der Waals surface area contributed by atoms with Crippen LogP contribution in [-0.4, -0.2) is 46.8 Å². The van der Waals surface area contributed by atoms with Crippen molar-refractivity contribution in [2.45, 2.75) is 38.1 Å². The number of carbonyl (C=O) groups is 1. The van der Waals surface area contributed by atoms with Crippen molar-refractivity contribution in [2.24, 2.45) is 5.92 Å². The van der Waals surface area contributed by atoms with Crippen molar-refractivity contribution in [3.05, 3.63) is 46.9 Å². The summed E-state index contributed by atoms with van der Waals surface area (Å²) in [6.45, 7) is 4.36. The van der Waals surface area contributed by atoms with Gasteiger partial charge in [-0.25, -0.2) is 8.42 Å². The van der Waals surface area contributed by atoms with Gasteiger partial charge in [-0.05, 0) is 37.5 Å². The molecule has 0 radical (unpaired) electrons. The van der Waals surface area contributed by atoms with E-state index in [2.05, 4.69) is 20.4 Å². The summed E-state index contributed by atoms with van der Waals surface area (Å²) in [5.41, 5.74) is 0.897. The van der Waals surface area contributed by atoms with Gasteiger partial charge < -0.3 is 9.84 Å². The van der Waals surface area contributed by atoms with Crippen LogP contribution in [0.1, 0.15) is 29.2 Å². The van der Waals surface area contributed by atoms with E-state index in [1.165, 1.54) is 15.6 Å². The van der Waals surface area contributed by atoms with Gasteiger partial charge in [0.05, 0.1) is 15.7 Å². The Labute approximate surface area is 184 Å². The Morgan fingerprint density at radius 2 is 2.23 bits per heavy atom. The maximum Gasteiger partial charge on any atom is 0.244 e. The molecule has 3 aromatic heterocycles. The highest BCUT2D eigenvalue weighted by atomic mass is 32.2. The molecule has 11 heteroatoms. The molecule has 0 bridgehead atoms. The maximum atomic E-state index is 13.3. The van der Waals surface area contributed by atoms with E-state index in [0.717, 1.165) is 5.56 Å². The lowest BCUT2D eigenvalue weighted by atomic mass is 9.99. The molecule has 0 aliphatic carbocycles. The zero-order chi connectivity index (χ0) is 22.0. The minimum Gasteiger partial charge on any atom is -0.352 e. The molecule has 0 unspecified atom stereocenters. The molecule has 1 fully saturated rings. The summed E-state index contributed by atoms with van der Waals surface area (Å²) in [6, 6.07) is 5.28. The number of nitrogens with one attached hydrogen (secondary N) is 1. The van der Waals surface area contributed by atoms with Gasteiger partial charge in [-0.3, -0.25) is 9.78 Å². The number of hydrogen-bond acceptors (Lipinski definition) is 8. The molecule has 1 saturated heterocycles. The minimum atomic E-state index is -3.74. The summed E-state index contributed by atoms with van der Waals surface area (Å²) in [5.74, 6) is 0.257. The highest BCUT2D eigenvalue weighted by Gasteiger charge is 2.35. The van der Waals surface area contributed by atoms with E-state index in [1.807, 2.05) is 12.1 Å². The van der Waals surface area contributed by atoms with Gasteiger partial charge in [0.1, 0.15) is 0 Å². The van der Waals surface area contributed by atoms with Crippen molar-refractivity contribution in [3.8, 4) is 10.7 Å². The lowest BCUT2D eigenvalue weighted by Gasteiger charge is -2.31. The van der Waals surface area contributed by atoms with Gasteiger partial charge in [-0.1, -0.05) is 11.2 Å². The van der Waals surface area contributed by atoms with Crippen LogP contribution in [0.3, 0.4) is 0 Å². The highest BCUT2D eigenvalue weighted by Crippen LogP contribution is 2.34. The van der Waals surface area contributed by atoms with Crippen LogP contribution in [0.2, 0.25) is 0 Å². The van der Waals surface area contributed by atoms with Gasteiger partial charge in [0, 0.05) is 43.8 Å². The Kier molecular flexibility index (Phi) is 6.17. The van der Waals surface area contributed by atoms with Gasteiger partial charge in [0.2, 0.25) is 27.6 Å². The molecule has 31 heavy (non-hydrogen) atoms.